The molecular formula is C13H15N3O3. The van der Waals surface area contributed by atoms with Crippen molar-refractivity contribution >= 4 is 22.9 Å². The summed E-state index contributed by atoms with van der Waals surface area (Å²) < 4.78 is 1.89. The number of carbonyl (C=O) groups is 2. The van der Waals surface area contributed by atoms with Gasteiger partial charge in [0.1, 0.15) is 5.82 Å². The molecule has 19 heavy (non-hydrogen) atoms. The number of rotatable bonds is 4. The first-order valence-corrected chi connectivity index (χ1v) is 5.90. The number of hydrogen-bond acceptors (Lipinski definition) is 3. The van der Waals surface area contributed by atoms with Crippen LogP contribution in [0.5, 0.6) is 0 Å². The van der Waals surface area contributed by atoms with Crippen LogP contribution in [0.1, 0.15) is 35.6 Å². The van der Waals surface area contributed by atoms with Gasteiger partial charge in [-0.1, -0.05) is 0 Å². The molecule has 100 valence electrons. The van der Waals surface area contributed by atoms with E-state index in [1.807, 2.05) is 18.4 Å². The first-order valence-electron chi connectivity index (χ1n) is 5.90. The summed E-state index contributed by atoms with van der Waals surface area (Å²) in [5.74, 6) is -0.638. The Hall–Kier alpha value is -2.37. The van der Waals surface area contributed by atoms with Crippen molar-refractivity contribution in [3.63, 3.8) is 0 Å². The van der Waals surface area contributed by atoms with Gasteiger partial charge in [0, 0.05) is 12.5 Å². The number of aryl methyl sites for hydroxylation is 1. The topological polar surface area (TPSA) is 98.2 Å². The lowest BCUT2D eigenvalue weighted by atomic mass is 10.2. The van der Waals surface area contributed by atoms with Gasteiger partial charge in [-0.15, -0.1) is 0 Å². The third-order valence-electron chi connectivity index (χ3n) is 3.05. The lowest BCUT2D eigenvalue weighted by molar-refractivity contribution is -0.118. The predicted octanol–water partition coefficient (Wildman–Crippen LogP) is 1.48. The van der Waals surface area contributed by atoms with Crippen molar-refractivity contribution in [3.8, 4) is 0 Å². The van der Waals surface area contributed by atoms with E-state index in [0.29, 0.717) is 5.52 Å². The molecule has 6 heteroatoms. The van der Waals surface area contributed by atoms with Crippen molar-refractivity contribution in [2.24, 2.45) is 5.73 Å². The van der Waals surface area contributed by atoms with E-state index >= 15 is 0 Å². The number of imidazole rings is 1. The highest BCUT2D eigenvalue weighted by Gasteiger charge is 2.16. The van der Waals surface area contributed by atoms with Gasteiger partial charge >= 0.3 is 5.97 Å². The molecule has 6 nitrogen and oxygen atoms in total. The van der Waals surface area contributed by atoms with Crippen molar-refractivity contribution in [3.05, 3.63) is 29.6 Å². The molecule has 1 heterocycles. The number of carboxylic acid groups (broad SMARTS) is 1. The van der Waals surface area contributed by atoms with Crippen LogP contribution in [-0.4, -0.2) is 26.5 Å². The molecular weight excluding hydrogens is 246 g/mol. The van der Waals surface area contributed by atoms with Crippen molar-refractivity contribution in [2.75, 3.05) is 0 Å². The molecule has 1 atom stereocenters. The second-order valence-corrected chi connectivity index (χ2v) is 4.56. The minimum absolute atomic E-state index is 0.113. The van der Waals surface area contributed by atoms with Crippen LogP contribution in [0.2, 0.25) is 0 Å². The number of aromatic carboxylic acids is 1. The molecule has 1 aromatic carbocycles. The van der Waals surface area contributed by atoms with Crippen molar-refractivity contribution in [2.45, 2.75) is 26.3 Å². The van der Waals surface area contributed by atoms with Gasteiger partial charge in [0.2, 0.25) is 5.91 Å². The van der Waals surface area contributed by atoms with E-state index in [1.54, 1.807) is 6.07 Å². The predicted molar refractivity (Wildman–Crippen MR) is 70.0 cm³/mol. The van der Waals surface area contributed by atoms with Crippen LogP contribution in [0, 0.1) is 6.92 Å². The fraction of sp³-hybridized carbons (Fsp3) is 0.308. The van der Waals surface area contributed by atoms with E-state index in [4.69, 9.17) is 10.8 Å². The van der Waals surface area contributed by atoms with Gasteiger partial charge in [-0.3, -0.25) is 4.79 Å². The average molecular weight is 261 g/mol. The smallest absolute Gasteiger partial charge is 0.335 e. The van der Waals surface area contributed by atoms with Crippen LogP contribution in [-0.2, 0) is 4.79 Å². The Balaban J connectivity index is 2.53. The zero-order valence-electron chi connectivity index (χ0n) is 10.8. The van der Waals surface area contributed by atoms with E-state index in [9.17, 15) is 9.59 Å². The number of hydrogen-bond donors (Lipinski definition) is 2. The summed E-state index contributed by atoms with van der Waals surface area (Å²) in [7, 11) is 0. The van der Waals surface area contributed by atoms with Crippen LogP contribution in [0.25, 0.3) is 11.0 Å². The number of amides is 1. The number of nitrogens with two attached hydrogens (primary N) is 1. The summed E-state index contributed by atoms with van der Waals surface area (Å²) in [6.07, 6.45) is 0.215. The molecule has 2 aromatic rings. The number of nitrogens with zero attached hydrogens (tertiary/aromatic N) is 2. The highest BCUT2D eigenvalue weighted by molar-refractivity contribution is 5.92. The summed E-state index contributed by atoms with van der Waals surface area (Å²) in [6.45, 7) is 3.70. The molecule has 0 bridgehead atoms. The second kappa shape index (κ2) is 4.72. The molecule has 3 N–H and O–H groups in total. The molecule has 0 spiro atoms. The van der Waals surface area contributed by atoms with E-state index < -0.39 is 5.97 Å². The van der Waals surface area contributed by atoms with Crippen molar-refractivity contribution in [1.29, 1.82) is 0 Å². The molecule has 2 rings (SSSR count). The van der Waals surface area contributed by atoms with Gasteiger partial charge in [0.15, 0.2) is 0 Å². The maximum absolute atomic E-state index is 11.0. The van der Waals surface area contributed by atoms with Crippen LogP contribution in [0.4, 0.5) is 0 Å². The van der Waals surface area contributed by atoms with Gasteiger partial charge in [-0.25, -0.2) is 9.78 Å². The first kappa shape index (κ1) is 13.1. The molecule has 0 saturated heterocycles. The number of carbonyl (C=O) groups excluding carboxylic acids is 1. The van der Waals surface area contributed by atoms with E-state index in [-0.39, 0.29) is 23.9 Å². The van der Waals surface area contributed by atoms with Crippen molar-refractivity contribution < 1.29 is 14.7 Å². The van der Waals surface area contributed by atoms with E-state index in [2.05, 4.69) is 4.98 Å². The Labute approximate surface area is 109 Å². The third-order valence-corrected chi connectivity index (χ3v) is 3.05. The standard InChI is InChI=1S/C13H15N3O3/c1-7(5-12(14)17)16-8(2)15-10-6-9(13(18)19)3-4-11(10)16/h3-4,6-7H,5H2,1-2H3,(H2,14,17)(H,18,19). The SMILES string of the molecule is Cc1nc2cc(C(=O)O)ccc2n1C(C)CC(N)=O. The Bertz CT molecular complexity index is 660. The molecule has 1 unspecified atom stereocenters. The summed E-state index contributed by atoms with van der Waals surface area (Å²) in [6, 6.07) is 4.64. The lowest BCUT2D eigenvalue weighted by Gasteiger charge is -2.14. The zero-order valence-corrected chi connectivity index (χ0v) is 10.8. The van der Waals surface area contributed by atoms with E-state index in [1.165, 1.54) is 12.1 Å². The van der Waals surface area contributed by atoms with Gasteiger partial charge in [-0.2, -0.15) is 0 Å². The largest absolute Gasteiger partial charge is 0.478 e. The number of carboxylic acids is 1. The van der Waals surface area contributed by atoms with Crippen LogP contribution in [0.3, 0.4) is 0 Å². The monoisotopic (exact) mass is 261 g/mol. The molecule has 0 aliphatic carbocycles. The maximum Gasteiger partial charge on any atom is 0.335 e. The highest BCUT2D eigenvalue weighted by atomic mass is 16.4. The highest BCUT2D eigenvalue weighted by Crippen LogP contribution is 2.23. The molecule has 0 saturated carbocycles. The Morgan fingerprint density at radius 1 is 1.47 bits per heavy atom. The molecule has 0 aliphatic heterocycles. The molecule has 0 radical (unpaired) electrons. The number of benzene rings is 1. The summed E-state index contributed by atoms with van der Waals surface area (Å²) in [4.78, 5) is 26.3. The minimum atomic E-state index is -0.987. The normalized spacial score (nSPS) is 12.5. The van der Waals surface area contributed by atoms with Crippen LogP contribution >= 0.6 is 0 Å². The first-order chi connectivity index (χ1) is 8.90. The lowest BCUT2D eigenvalue weighted by Crippen LogP contribution is -2.18. The van der Waals surface area contributed by atoms with Crippen molar-refractivity contribution in [1.82, 2.24) is 9.55 Å². The minimum Gasteiger partial charge on any atom is -0.478 e. The van der Waals surface area contributed by atoms with Gasteiger partial charge in [-0.05, 0) is 32.0 Å². The van der Waals surface area contributed by atoms with Gasteiger partial charge in [0.25, 0.3) is 0 Å². The fourth-order valence-corrected chi connectivity index (χ4v) is 2.29. The Kier molecular flexibility index (Phi) is 3.25. The molecule has 1 aromatic heterocycles. The average Bonchev–Trinajstić information content (AvgIpc) is 2.62. The van der Waals surface area contributed by atoms with E-state index in [0.717, 1.165) is 11.3 Å². The summed E-state index contributed by atoms with van der Waals surface area (Å²) in [5, 5.41) is 8.95. The number of fused-ring (bicyclic) bond motifs is 1. The quantitative estimate of drug-likeness (QED) is 0.870. The molecule has 0 fully saturated rings. The Morgan fingerprint density at radius 3 is 2.74 bits per heavy atom. The van der Waals surface area contributed by atoms with Gasteiger partial charge < -0.3 is 15.4 Å². The van der Waals surface area contributed by atoms with Crippen LogP contribution in [0.15, 0.2) is 18.2 Å². The summed E-state index contributed by atoms with van der Waals surface area (Å²) >= 11 is 0. The number of aromatic nitrogens is 2. The zero-order chi connectivity index (χ0) is 14.2. The summed E-state index contributed by atoms with van der Waals surface area (Å²) in [5.41, 5.74) is 6.81. The maximum atomic E-state index is 11.0. The fourth-order valence-electron chi connectivity index (χ4n) is 2.29. The molecule has 1 amide bonds. The van der Waals surface area contributed by atoms with Gasteiger partial charge in [0.05, 0.1) is 16.6 Å². The number of primary amides is 1. The second-order valence-electron chi connectivity index (χ2n) is 4.56. The van der Waals surface area contributed by atoms with Crippen LogP contribution < -0.4 is 5.73 Å². The Morgan fingerprint density at radius 2 is 2.16 bits per heavy atom. The third kappa shape index (κ3) is 2.42. The molecule has 0 aliphatic rings.